The molecule has 0 saturated heterocycles. The summed E-state index contributed by atoms with van der Waals surface area (Å²) in [5.74, 6) is -1.46. The third-order valence-electron chi connectivity index (χ3n) is 3.32. The Morgan fingerprint density at radius 3 is 2.65 bits per heavy atom. The number of carbonyl (C=O) groups excluding carboxylic acids is 2. The van der Waals surface area contributed by atoms with Gasteiger partial charge < -0.3 is 15.0 Å². The zero-order valence-corrected chi connectivity index (χ0v) is 13.7. The lowest BCUT2D eigenvalue weighted by Gasteiger charge is -2.07. The normalized spacial score (nSPS) is 10.5. The molecule has 1 amide bonds. The summed E-state index contributed by atoms with van der Waals surface area (Å²) in [5, 5.41) is 2.67. The molecule has 0 bridgehead atoms. The van der Waals surface area contributed by atoms with Crippen LogP contribution >= 0.6 is 11.6 Å². The van der Waals surface area contributed by atoms with Crippen molar-refractivity contribution in [1.82, 2.24) is 4.98 Å². The predicted octanol–water partition coefficient (Wildman–Crippen LogP) is 3.85. The maximum Gasteiger partial charge on any atom is 0.340 e. The van der Waals surface area contributed by atoms with Crippen LogP contribution in [0.3, 0.4) is 0 Å². The number of rotatable bonds is 4. The number of halogens is 2. The third kappa shape index (κ3) is 3.53. The molecule has 122 valence electrons. The number of ether oxygens (including phenoxy) is 1. The zero-order chi connectivity index (χ0) is 17.1. The van der Waals surface area contributed by atoms with Gasteiger partial charge in [-0.1, -0.05) is 11.6 Å². The maximum absolute atomic E-state index is 13.0. The predicted molar refractivity (Wildman–Crippen MR) is 85.6 cm³/mol. The Bertz CT molecular complexity index is 771. The van der Waals surface area contributed by atoms with E-state index in [1.807, 2.05) is 0 Å². The highest BCUT2D eigenvalue weighted by Gasteiger charge is 2.23. The van der Waals surface area contributed by atoms with Crippen LogP contribution in [0.4, 0.5) is 10.1 Å². The molecular weight excluding hydrogens is 323 g/mol. The molecule has 0 fully saturated rings. The smallest absolute Gasteiger partial charge is 0.340 e. The number of hydrogen-bond acceptors (Lipinski definition) is 3. The second-order valence-electron chi connectivity index (χ2n) is 4.92. The largest absolute Gasteiger partial charge is 0.462 e. The van der Waals surface area contributed by atoms with Crippen molar-refractivity contribution in [3.8, 4) is 0 Å². The van der Waals surface area contributed by atoms with Gasteiger partial charge in [-0.2, -0.15) is 0 Å². The minimum Gasteiger partial charge on any atom is -0.462 e. The van der Waals surface area contributed by atoms with Crippen LogP contribution in [-0.4, -0.2) is 23.5 Å². The Hall–Kier alpha value is -2.34. The lowest BCUT2D eigenvalue weighted by Crippen LogP contribution is -2.14. The molecule has 23 heavy (non-hydrogen) atoms. The van der Waals surface area contributed by atoms with E-state index in [2.05, 4.69) is 10.3 Å². The maximum atomic E-state index is 13.0. The summed E-state index contributed by atoms with van der Waals surface area (Å²) in [4.78, 5) is 27.2. The second kappa shape index (κ2) is 6.83. The number of aryl methyl sites for hydroxylation is 1. The number of H-pyrrole nitrogens is 1. The highest BCUT2D eigenvalue weighted by Crippen LogP contribution is 2.25. The molecular formula is C16H16ClFN2O3. The van der Waals surface area contributed by atoms with Crippen LogP contribution in [0, 0.1) is 19.7 Å². The van der Waals surface area contributed by atoms with E-state index in [1.165, 1.54) is 12.1 Å². The molecule has 1 aromatic heterocycles. The summed E-state index contributed by atoms with van der Waals surface area (Å²) in [6.07, 6.45) is 0. The molecule has 7 heteroatoms. The van der Waals surface area contributed by atoms with Crippen LogP contribution in [0.2, 0.25) is 5.02 Å². The Morgan fingerprint density at radius 2 is 2.04 bits per heavy atom. The number of esters is 1. The number of amides is 1. The molecule has 0 saturated carbocycles. The summed E-state index contributed by atoms with van der Waals surface area (Å²) in [7, 11) is 0. The van der Waals surface area contributed by atoms with Gasteiger partial charge in [0.2, 0.25) is 0 Å². The van der Waals surface area contributed by atoms with Crippen molar-refractivity contribution < 1.29 is 18.7 Å². The average Bonchev–Trinajstić information content (AvgIpc) is 2.77. The van der Waals surface area contributed by atoms with E-state index >= 15 is 0 Å². The topological polar surface area (TPSA) is 71.2 Å². The van der Waals surface area contributed by atoms with Crippen LogP contribution in [0.5, 0.6) is 0 Å². The van der Waals surface area contributed by atoms with Crippen molar-refractivity contribution >= 4 is 29.2 Å². The molecule has 2 aromatic rings. The van der Waals surface area contributed by atoms with Crippen molar-refractivity contribution in [2.24, 2.45) is 0 Å². The number of aromatic amines is 1. The number of nitrogens with one attached hydrogen (secondary N) is 2. The fraction of sp³-hybridized carbons (Fsp3) is 0.250. The van der Waals surface area contributed by atoms with Gasteiger partial charge in [0.05, 0.1) is 22.9 Å². The van der Waals surface area contributed by atoms with E-state index in [1.54, 1.807) is 20.8 Å². The van der Waals surface area contributed by atoms with Gasteiger partial charge in [-0.25, -0.2) is 9.18 Å². The molecule has 0 aliphatic carbocycles. The van der Waals surface area contributed by atoms with E-state index in [9.17, 15) is 14.0 Å². The number of aromatic nitrogens is 1. The van der Waals surface area contributed by atoms with Crippen molar-refractivity contribution in [2.45, 2.75) is 20.8 Å². The Morgan fingerprint density at radius 1 is 1.35 bits per heavy atom. The summed E-state index contributed by atoms with van der Waals surface area (Å²) < 4.78 is 18.0. The summed E-state index contributed by atoms with van der Waals surface area (Å²) in [6.45, 7) is 5.28. The van der Waals surface area contributed by atoms with E-state index < -0.39 is 17.7 Å². The highest BCUT2D eigenvalue weighted by atomic mass is 35.5. The first-order valence-corrected chi connectivity index (χ1v) is 7.35. The van der Waals surface area contributed by atoms with Gasteiger partial charge in [-0.05, 0) is 44.5 Å². The molecule has 0 radical (unpaired) electrons. The van der Waals surface area contributed by atoms with Crippen LogP contribution in [-0.2, 0) is 4.74 Å². The van der Waals surface area contributed by atoms with E-state index in [4.69, 9.17) is 16.3 Å². The van der Waals surface area contributed by atoms with Gasteiger partial charge in [0, 0.05) is 5.69 Å². The monoisotopic (exact) mass is 338 g/mol. The molecule has 0 atom stereocenters. The molecule has 0 aliphatic heterocycles. The van der Waals surface area contributed by atoms with Crippen LogP contribution in [0.1, 0.15) is 39.0 Å². The first-order valence-electron chi connectivity index (χ1n) is 6.97. The SMILES string of the molecule is CCOC(=O)c1c(C)[nH]c(C(=O)Nc2ccc(F)cc2Cl)c1C. The van der Waals surface area contributed by atoms with Crippen LogP contribution in [0.15, 0.2) is 18.2 Å². The number of anilines is 1. The quantitative estimate of drug-likeness (QED) is 0.832. The molecule has 0 unspecified atom stereocenters. The molecule has 1 aromatic carbocycles. The molecule has 2 N–H and O–H groups in total. The molecule has 0 spiro atoms. The number of carbonyl (C=O) groups is 2. The van der Waals surface area contributed by atoms with Crippen LogP contribution < -0.4 is 5.32 Å². The van der Waals surface area contributed by atoms with E-state index in [0.29, 0.717) is 16.8 Å². The first-order chi connectivity index (χ1) is 10.8. The summed E-state index contributed by atoms with van der Waals surface area (Å²) in [5.41, 5.74) is 1.86. The summed E-state index contributed by atoms with van der Waals surface area (Å²) >= 11 is 5.89. The van der Waals surface area contributed by atoms with Crippen molar-refractivity contribution in [3.63, 3.8) is 0 Å². The zero-order valence-electron chi connectivity index (χ0n) is 12.9. The fourth-order valence-electron chi connectivity index (χ4n) is 2.26. The van der Waals surface area contributed by atoms with Gasteiger partial charge >= 0.3 is 5.97 Å². The van der Waals surface area contributed by atoms with Gasteiger partial charge in [0.15, 0.2) is 0 Å². The summed E-state index contributed by atoms with van der Waals surface area (Å²) in [6, 6.07) is 3.67. The molecule has 0 aliphatic rings. The molecule has 1 heterocycles. The average molecular weight is 339 g/mol. The molecule has 5 nitrogen and oxygen atoms in total. The van der Waals surface area contributed by atoms with Crippen molar-refractivity contribution in [2.75, 3.05) is 11.9 Å². The van der Waals surface area contributed by atoms with Gasteiger partial charge in [-0.15, -0.1) is 0 Å². The lowest BCUT2D eigenvalue weighted by atomic mass is 10.1. The standard InChI is InChI=1S/C16H16ClFN2O3/c1-4-23-16(22)13-8(2)14(19-9(13)3)15(21)20-12-6-5-10(18)7-11(12)17/h5-7,19H,4H2,1-3H3,(H,20,21). The van der Waals surface area contributed by atoms with Crippen molar-refractivity contribution in [3.05, 3.63) is 51.6 Å². The van der Waals surface area contributed by atoms with Gasteiger partial charge in [-0.3, -0.25) is 4.79 Å². The Labute approximate surface area is 137 Å². The third-order valence-corrected chi connectivity index (χ3v) is 3.64. The minimum absolute atomic E-state index is 0.0879. The van der Waals surface area contributed by atoms with E-state index in [0.717, 1.165) is 6.07 Å². The van der Waals surface area contributed by atoms with Crippen molar-refractivity contribution in [1.29, 1.82) is 0 Å². The Kier molecular flexibility index (Phi) is 5.05. The number of benzene rings is 1. The fourth-order valence-corrected chi connectivity index (χ4v) is 2.48. The first kappa shape index (κ1) is 17.0. The molecule has 2 rings (SSSR count). The number of hydrogen-bond donors (Lipinski definition) is 2. The Balaban J connectivity index is 2.30. The highest BCUT2D eigenvalue weighted by molar-refractivity contribution is 6.33. The minimum atomic E-state index is -0.496. The van der Waals surface area contributed by atoms with Crippen LogP contribution in [0.25, 0.3) is 0 Å². The van der Waals surface area contributed by atoms with Gasteiger partial charge in [0.25, 0.3) is 5.91 Å². The lowest BCUT2D eigenvalue weighted by molar-refractivity contribution is 0.0525. The second-order valence-corrected chi connectivity index (χ2v) is 5.33. The van der Waals surface area contributed by atoms with E-state index in [-0.39, 0.29) is 23.0 Å². The van der Waals surface area contributed by atoms with Gasteiger partial charge in [0.1, 0.15) is 11.5 Å².